The fraction of sp³-hybridized carbons (Fsp3) is 0.542. The number of ether oxygens (including phenoxy) is 2. The maximum Gasteiger partial charge on any atom is 0.223 e. The van der Waals surface area contributed by atoms with Crippen LogP contribution in [0.2, 0.25) is 5.02 Å². The molecule has 188 valence electrons. The van der Waals surface area contributed by atoms with E-state index in [4.69, 9.17) is 21.1 Å². The van der Waals surface area contributed by atoms with Crippen molar-refractivity contribution in [3.05, 3.63) is 35.0 Å². The third kappa shape index (κ3) is 4.27. The Kier molecular flexibility index (Phi) is 6.00. The highest BCUT2D eigenvalue weighted by Crippen LogP contribution is 2.36. The zero-order valence-corrected chi connectivity index (χ0v) is 20.9. The summed E-state index contributed by atoms with van der Waals surface area (Å²) in [6, 6.07) is 2.63. The van der Waals surface area contributed by atoms with Gasteiger partial charge in [0.25, 0.3) is 0 Å². The molecule has 9 nitrogen and oxygen atoms in total. The third-order valence-electron chi connectivity index (χ3n) is 6.48. The summed E-state index contributed by atoms with van der Waals surface area (Å²) in [4.78, 5) is 13.2. The Hall–Kier alpha value is -2.37. The van der Waals surface area contributed by atoms with Gasteiger partial charge in [0.15, 0.2) is 12.1 Å². The summed E-state index contributed by atoms with van der Waals surface area (Å²) in [7, 11) is 0. The Morgan fingerprint density at radius 1 is 1.26 bits per heavy atom. The average molecular weight is 506 g/mol. The standard InChI is InChI=1S/C24H29ClFN5O4/c1-10(2)31-16-7-12(6-14(26)19(16)29-22(31)24(4,5)33)18-13(25)9-27-23(30-18)28-15-8-17-34-11(3)21(35-17)20(15)32/h6-7,9-11,15,17,20-21,32-33H,8H2,1-5H3,(H,27,28,30)/t11-,15?,17-,20-,21-/m0/s1. The van der Waals surface area contributed by atoms with E-state index in [2.05, 4.69) is 20.3 Å². The minimum absolute atomic E-state index is 0.0795. The largest absolute Gasteiger partial charge is 0.388 e. The number of aliphatic hydroxyl groups excluding tert-OH is 1. The van der Waals surface area contributed by atoms with E-state index in [-0.39, 0.29) is 34.7 Å². The van der Waals surface area contributed by atoms with E-state index in [1.807, 2.05) is 25.3 Å². The first kappa shape index (κ1) is 24.3. The van der Waals surface area contributed by atoms with Gasteiger partial charge in [0.2, 0.25) is 5.95 Å². The molecule has 2 saturated heterocycles. The summed E-state index contributed by atoms with van der Waals surface area (Å²) in [6.07, 6.45) is 0.0162. The van der Waals surface area contributed by atoms with Gasteiger partial charge >= 0.3 is 0 Å². The van der Waals surface area contributed by atoms with Crippen molar-refractivity contribution in [2.75, 3.05) is 5.32 Å². The van der Waals surface area contributed by atoms with Crippen LogP contribution in [-0.2, 0) is 15.1 Å². The topological polar surface area (TPSA) is 115 Å². The Bertz CT molecular complexity index is 1280. The van der Waals surface area contributed by atoms with Crippen molar-refractivity contribution in [3.63, 3.8) is 0 Å². The van der Waals surface area contributed by atoms with Crippen LogP contribution in [0.1, 0.15) is 52.9 Å². The van der Waals surface area contributed by atoms with Gasteiger partial charge in [0, 0.05) is 18.0 Å². The van der Waals surface area contributed by atoms with Gasteiger partial charge < -0.3 is 29.6 Å². The van der Waals surface area contributed by atoms with Crippen LogP contribution >= 0.6 is 11.6 Å². The van der Waals surface area contributed by atoms with Crippen LogP contribution in [0.4, 0.5) is 10.3 Å². The molecule has 2 aromatic heterocycles. The molecule has 0 saturated carbocycles. The van der Waals surface area contributed by atoms with E-state index >= 15 is 4.39 Å². The molecule has 5 rings (SSSR count). The van der Waals surface area contributed by atoms with Crippen LogP contribution in [0.25, 0.3) is 22.3 Å². The third-order valence-corrected chi connectivity index (χ3v) is 6.75. The number of anilines is 1. The van der Waals surface area contributed by atoms with Gasteiger partial charge in [-0.05, 0) is 46.8 Å². The molecule has 2 bridgehead atoms. The molecule has 0 spiro atoms. The molecule has 3 N–H and O–H groups in total. The van der Waals surface area contributed by atoms with E-state index in [9.17, 15) is 10.2 Å². The molecule has 5 atom stereocenters. The molecule has 0 amide bonds. The summed E-state index contributed by atoms with van der Waals surface area (Å²) in [6.45, 7) is 8.99. The van der Waals surface area contributed by atoms with Crippen molar-refractivity contribution >= 4 is 28.6 Å². The number of imidazole rings is 1. The van der Waals surface area contributed by atoms with E-state index in [0.29, 0.717) is 29.0 Å². The smallest absolute Gasteiger partial charge is 0.223 e. The molecule has 2 aliphatic rings. The molecular formula is C24H29ClFN5O4. The van der Waals surface area contributed by atoms with Gasteiger partial charge in [-0.2, -0.15) is 0 Å². The van der Waals surface area contributed by atoms with Crippen LogP contribution in [0.3, 0.4) is 0 Å². The summed E-state index contributed by atoms with van der Waals surface area (Å²) in [5.41, 5.74) is 0.210. The number of benzene rings is 1. The number of fused-ring (bicyclic) bond motifs is 3. The maximum absolute atomic E-state index is 15.2. The fourth-order valence-electron chi connectivity index (χ4n) is 4.87. The lowest BCUT2D eigenvalue weighted by atomic mass is 9.98. The second kappa shape index (κ2) is 8.63. The number of hydrogen-bond acceptors (Lipinski definition) is 8. The lowest BCUT2D eigenvalue weighted by Crippen LogP contribution is -2.49. The van der Waals surface area contributed by atoms with Crippen LogP contribution in [0, 0.1) is 5.82 Å². The van der Waals surface area contributed by atoms with Gasteiger partial charge in [-0.1, -0.05) is 11.6 Å². The molecule has 0 radical (unpaired) electrons. The monoisotopic (exact) mass is 505 g/mol. The highest BCUT2D eigenvalue weighted by atomic mass is 35.5. The van der Waals surface area contributed by atoms with E-state index in [0.717, 1.165) is 0 Å². The lowest BCUT2D eigenvalue weighted by Gasteiger charge is -2.32. The van der Waals surface area contributed by atoms with Crippen molar-refractivity contribution < 1.29 is 24.1 Å². The first-order valence-electron chi connectivity index (χ1n) is 11.7. The SMILES string of the molecule is CC(C)n1c(C(C)(C)O)nc2c(F)cc(-c3nc(NC4C[C@@H]5O[C@@H]([C@H](C)O5)[C@H]4O)ncc3Cl)cc21. The van der Waals surface area contributed by atoms with Crippen molar-refractivity contribution in [2.45, 2.75) is 83.3 Å². The van der Waals surface area contributed by atoms with E-state index in [1.54, 1.807) is 19.9 Å². The van der Waals surface area contributed by atoms with Crippen LogP contribution in [0.15, 0.2) is 18.3 Å². The molecule has 11 heteroatoms. The molecule has 1 aromatic carbocycles. The van der Waals surface area contributed by atoms with Crippen LogP contribution < -0.4 is 5.32 Å². The normalized spacial score (nSPS) is 26.6. The predicted molar refractivity (Wildman–Crippen MR) is 129 cm³/mol. The van der Waals surface area contributed by atoms with Crippen molar-refractivity contribution in [1.29, 1.82) is 0 Å². The zero-order valence-electron chi connectivity index (χ0n) is 20.2. The second-order valence-corrected chi connectivity index (χ2v) is 10.4. The molecule has 1 unspecified atom stereocenters. The number of aromatic nitrogens is 4. The Balaban J connectivity index is 1.54. The summed E-state index contributed by atoms with van der Waals surface area (Å²) < 4.78 is 28.4. The van der Waals surface area contributed by atoms with Crippen LogP contribution in [-0.4, -0.2) is 60.4 Å². The first-order valence-corrected chi connectivity index (χ1v) is 12.0. The highest BCUT2D eigenvalue weighted by molar-refractivity contribution is 6.33. The van der Waals surface area contributed by atoms with Crippen molar-refractivity contribution in [2.24, 2.45) is 0 Å². The molecule has 2 fully saturated rings. The van der Waals surface area contributed by atoms with Gasteiger partial charge in [0.05, 0.1) is 34.6 Å². The number of nitrogens with zero attached hydrogens (tertiary/aromatic N) is 4. The van der Waals surface area contributed by atoms with Gasteiger partial charge in [0.1, 0.15) is 29.2 Å². The Labute approximate surface area is 207 Å². The Morgan fingerprint density at radius 2 is 2.00 bits per heavy atom. The van der Waals surface area contributed by atoms with Gasteiger partial charge in [-0.25, -0.2) is 19.3 Å². The number of nitrogens with one attached hydrogen (secondary N) is 1. The molecule has 35 heavy (non-hydrogen) atoms. The number of halogens is 2. The fourth-order valence-corrected chi connectivity index (χ4v) is 5.07. The number of aliphatic hydroxyl groups is 2. The lowest BCUT2D eigenvalue weighted by molar-refractivity contribution is -0.124. The molecule has 2 aliphatic heterocycles. The summed E-state index contributed by atoms with van der Waals surface area (Å²) >= 11 is 6.43. The average Bonchev–Trinajstić information content (AvgIpc) is 3.32. The summed E-state index contributed by atoms with van der Waals surface area (Å²) in [5, 5.41) is 24.7. The Morgan fingerprint density at radius 3 is 2.69 bits per heavy atom. The first-order chi connectivity index (χ1) is 16.4. The summed E-state index contributed by atoms with van der Waals surface area (Å²) in [5.74, 6) is 0.0703. The number of rotatable bonds is 5. The van der Waals surface area contributed by atoms with Crippen LogP contribution in [0.5, 0.6) is 0 Å². The molecule has 4 heterocycles. The molecular weight excluding hydrogens is 477 g/mol. The van der Waals surface area contributed by atoms with Crippen molar-refractivity contribution in [1.82, 2.24) is 19.5 Å². The van der Waals surface area contributed by atoms with Crippen molar-refractivity contribution in [3.8, 4) is 11.3 Å². The van der Waals surface area contributed by atoms with E-state index in [1.165, 1.54) is 12.3 Å². The second-order valence-electron chi connectivity index (χ2n) is 10.0. The van der Waals surface area contributed by atoms with Gasteiger partial charge in [-0.3, -0.25) is 0 Å². The molecule has 3 aromatic rings. The predicted octanol–water partition coefficient (Wildman–Crippen LogP) is 3.77. The minimum atomic E-state index is -1.26. The molecule has 0 aliphatic carbocycles. The highest BCUT2D eigenvalue weighted by Gasteiger charge is 2.47. The zero-order chi connectivity index (χ0) is 25.2. The number of hydrogen-bond donors (Lipinski definition) is 3. The van der Waals surface area contributed by atoms with E-state index < -0.39 is 29.9 Å². The minimum Gasteiger partial charge on any atom is -0.388 e. The quantitative estimate of drug-likeness (QED) is 0.480. The maximum atomic E-state index is 15.2. The van der Waals surface area contributed by atoms with Gasteiger partial charge in [-0.15, -0.1) is 0 Å².